The van der Waals surface area contributed by atoms with Crippen LogP contribution in [0.4, 0.5) is 0 Å². The van der Waals surface area contributed by atoms with Crippen LogP contribution in [0, 0.1) is 11.5 Å². The number of amides is 1. The molecule has 1 heterocycles. The Morgan fingerprint density at radius 3 is 2.92 bits per heavy atom. The summed E-state index contributed by atoms with van der Waals surface area (Å²) in [4.78, 5) is 11.6. The van der Waals surface area contributed by atoms with Gasteiger partial charge in [-0.1, -0.05) is 18.3 Å². The molecule has 0 bridgehead atoms. The van der Waals surface area contributed by atoms with Crippen LogP contribution >= 0.6 is 11.5 Å². The summed E-state index contributed by atoms with van der Waals surface area (Å²) in [5.41, 5.74) is 0.637. The molecule has 1 aromatic rings. The minimum atomic E-state index is -0.429. The van der Waals surface area contributed by atoms with Crippen LogP contribution in [0.25, 0.3) is 0 Å². The second-order valence-electron chi connectivity index (χ2n) is 2.71. The summed E-state index contributed by atoms with van der Waals surface area (Å²) < 4.78 is 3.67. The molecule has 68 valence electrons. The van der Waals surface area contributed by atoms with E-state index >= 15 is 0 Å². The maximum absolute atomic E-state index is 11.2. The number of nitriles is 1. The van der Waals surface area contributed by atoms with Gasteiger partial charge in [-0.25, -0.2) is 0 Å². The van der Waals surface area contributed by atoms with Crippen molar-refractivity contribution < 1.29 is 4.79 Å². The highest BCUT2D eigenvalue weighted by Gasteiger charge is 2.17. The van der Waals surface area contributed by atoms with Gasteiger partial charge < -0.3 is 0 Å². The van der Waals surface area contributed by atoms with Crippen LogP contribution in [0.1, 0.15) is 35.1 Å². The molecule has 0 aromatic carbocycles. The first-order chi connectivity index (χ1) is 6.16. The zero-order valence-electron chi connectivity index (χ0n) is 7.24. The first-order valence-electron chi connectivity index (χ1n) is 3.68. The fraction of sp³-hybridized carbons (Fsp3) is 0.429. The van der Waals surface area contributed by atoms with E-state index < -0.39 is 5.91 Å². The van der Waals surface area contributed by atoms with Crippen molar-refractivity contribution in [2.75, 3.05) is 0 Å². The van der Waals surface area contributed by atoms with Gasteiger partial charge in [-0.15, -0.1) is 5.10 Å². The molecule has 13 heavy (non-hydrogen) atoms. The second kappa shape index (κ2) is 3.96. The average Bonchev–Trinajstić information content (AvgIpc) is 2.52. The van der Waals surface area contributed by atoms with Crippen LogP contribution in [-0.4, -0.2) is 15.5 Å². The van der Waals surface area contributed by atoms with E-state index in [0.717, 1.165) is 11.5 Å². The summed E-state index contributed by atoms with van der Waals surface area (Å²) in [7, 11) is 0. The van der Waals surface area contributed by atoms with Crippen molar-refractivity contribution >= 4 is 17.4 Å². The van der Waals surface area contributed by atoms with Gasteiger partial charge in [-0.3, -0.25) is 10.1 Å². The SMILES string of the molecule is CC(C)c1nnsc1C(=O)NC#N. The van der Waals surface area contributed by atoms with E-state index in [2.05, 4.69) is 9.59 Å². The zero-order chi connectivity index (χ0) is 9.84. The lowest BCUT2D eigenvalue weighted by atomic mass is 10.1. The smallest absolute Gasteiger partial charge is 0.267 e. The highest BCUT2D eigenvalue weighted by Crippen LogP contribution is 2.19. The van der Waals surface area contributed by atoms with E-state index in [0.29, 0.717) is 10.6 Å². The van der Waals surface area contributed by atoms with Crippen LogP contribution in [0.5, 0.6) is 0 Å². The third-order valence-corrected chi connectivity index (χ3v) is 2.18. The molecular weight excluding hydrogens is 188 g/mol. The van der Waals surface area contributed by atoms with Crippen LogP contribution in [0.15, 0.2) is 0 Å². The molecule has 0 aliphatic rings. The number of carbonyl (C=O) groups excluding carboxylic acids is 1. The molecule has 0 saturated heterocycles. The van der Waals surface area contributed by atoms with Gasteiger partial charge in [0.1, 0.15) is 4.88 Å². The van der Waals surface area contributed by atoms with Gasteiger partial charge >= 0.3 is 0 Å². The van der Waals surface area contributed by atoms with Gasteiger partial charge in [0.15, 0.2) is 6.19 Å². The Morgan fingerprint density at radius 2 is 2.38 bits per heavy atom. The van der Waals surface area contributed by atoms with E-state index in [4.69, 9.17) is 5.26 Å². The van der Waals surface area contributed by atoms with Gasteiger partial charge in [0.2, 0.25) is 0 Å². The van der Waals surface area contributed by atoms with E-state index in [-0.39, 0.29) is 5.92 Å². The molecular formula is C7H8N4OS. The van der Waals surface area contributed by atoms with Crippen LogP contribution in [0.3, 0.4) is 0 Å². The largest absolute Gasteiger partial charge is 0.277 e. The molecule has 1 N–H and O–H groups in total. The molecule has 0 aliphatic carbocycles. The summed E-state index contributed by atoms with van der Waals surface area (Å²) in [6.07, 6.45) is 1.57. The van der Waals surface area contributed by atoms with Crippen molar-refractivity contribution in [2.45, 2.75) is 19.8 Å². The fourth-order valence-electron chi connectivity index (χ4n) is 0.840. The summed E-state index contributed by atoms with van der Waals surface area (Å²) in [5, 5.41) is 14.1. The minimum Gasteiger partial charge on any atom is -0.267 e. The second-order valence-corrected chi connectivity index (χ2v) is 3.46. The van der Waals surface area contributed by atoms with Crippen molar-refractivity contribution in [3.05, 3.63) is 10.6 Å². The molecule has 1 amide bonds. The molecule has 5 nitrogen and oxygen atoms in total. The van der Waals surface area contributed by atoms with Gasteiger partial charge in [0.25, 0.3) is 5.91 Å². The van der Waals surface area contributed by atoms with E-state index in [9.17, 15) is 4.79 Å². The summed E-state index contributed by atoms with van der Waals surface area (Å²) >= 11 is 1.00. The number of aromatic nitrogens is 2. The number of hydrogen-bond donors (Lipinski definition) is 1. The first-order valence-corrected chi connectivity index (χ1v) is 4.45. The van der Waals surface area contributed by atoms with Crippen LogP contribution in [-0.2, 0) is 0 Å². The average molecular weight is 196 g/mol. The summed E-state index contributed by atoms with van der Waals surface area (Å²) in [6, 6.07) is 0. The van der Waals surface area contributed by atoms with Gasteiger partial charge in [-0.2, -0.15) is 5.26 Å². The summed E-state index contributed by atoms with van der Waals surface area (Å²) in [5.74, 6) is -0.292. The normalized spacial score (nSPS) is 9.69. The third-order valence-electron chi connectivity index (χ3n) is 1.44. The van der Waals surface area contributed by atoms with E-state index in [1.807, 2.05) is 19.2 Å². The predicted octanol–water partition coefficient (Wildman–Crippen LogP) is 0.872. The lowest BCUT2D eigenvalue weighted by molar-refractivity contribution is 0.0975. The van der Waals surface area contributed by atoms with Crippen LogP contribution < -0.4 is 5.32 Å². The van der Waals surface area contributed by atoms with E-state index in [1.165, 1.54) is 0 Å². The maximum atomic E-state index is 11.2. The highest BCUT2D eigenvalue weighted by atomic mass is 32.1. The van der Waals surface area contributed by atoms with Crippen molar-refractivity contribution in [1.82, 2.24) is 14.9 Å². The van der Waals surface area contributed by atoms with Crippen molar-refractivity contribution in [3.8, 4) is 6.19 Å². The van der Waals surface area contributed by atoms with Crippen molar-refractivity contribution in [2.24, 2.45) is 0 Å². The molecule has 0 unspecified atom stereocenters. The topological polar surface area (TPSA) is 78.7 Å². The Morgan fingerprint density at radius 1 is 1.69 bits per heavy atom. The summed E-state index contributed by atoms with van der Waals surface area (Å²) in [6.45, 7) is 3.83. The molecule has 1 rings (SSSR count). The first kappa shape index (κ1) is 9.61. The Labute approximate surface area is 79.5 Å². The van der Waals surface area contributed by atoms with Crippen molar-refractivity contribution in [1.29, 1.82) is 5.26 Å². The Kier molecular flexibility index (Phi) is 2.93. The molecule has 0 fully saturated rings. The molecule has 0 saturated carbocycles. The monoisotopic (exact) mass is 196 g/mol. The minimum absolute atomic E-state index is 0.137. The lowest BCUT2D eigenvalue weighted by Gasteiger charge is -2.00. The number of carbonyl (C=O) groups is 1. The molecule has 0 radical (unpaired) electrons. The van der Waals surface area contributed by atoms with Crippen molar-refractivity contribution in [3.63, 3.8) is 0 Å². The molecule has 1 aromatic heterocycles. The molecule has 0 atom stereocenters. The van der Waals surface area contributed by atoms with Gasteiger partial charge in [0.05, 0.1) is 5.69 Å². The Hall–Kier alpha value is -1.48. The number of nitrogens with zero attached hydrogens (tertiary/aromatic N) is 3. The number of rotatable bonds is 2. The predicted molar refractivity (Wildman–Crippen MR) is 47.1 cm³/mol. The molecule has 0 spiro atoms. The quantitative estimate of drug-likeness (QED) is 0.562. The van der Waals surface area contributed by atoms with Gasteiger partial charge in [-0.05, 0) is 17.5 Å². The zero-order valence-corrected chi connectivity index (χ0v) is 8.05. The van der Waals surface area contributed by atoms with Crippen LogP contribution in [0.2, 0.25) is 0 Å². The maximum Gasteiger partial charge on any atom is 0.277 e. The lowest BCUT2D eigenvalue weighted by Crippen LogP contribution is -2.17. The van der Waals surface area contributed by atoms with Gasteiger partial charge in [0, 0.05) is 0 Å². The Balaban J connectivity index is 2.95. The number of hydrogen-bond acceptors (Lipinski definition) is 5. The van der Waals surface area contributed by atoms with E-state index in [1.54, 1.807) is 6.19 Å². The number of nitrogens with one attached hydrogen (secondary N) is 1. The standard InChI is InChI=1S/C7H8N4OS/c1-4(2)5-6(13-11-10-5)7(12)9-3-8/h4H,1-2H3,(H,9,12). The Bertz CT molecular complexity index is 352. The molecule has 0 aliphatic heterocycles. The fourth-order valence-corrected chi connectivity index (χ4v) is 1.55. The highest BCUT2D eigenvalue weighted by molar-refractivity contribution is 7.08. The third kappa shape index (κ3) is 2.00. The molecule has 6 heteroatoms.